The van der Waals surface area contributed by atoms with Gasteiger partial charge in [0, 0.05) is 17.1 Å². The lowest BCUT2D eigenvalue weighted by molar-refractivity contribution is -0.142. The molecule has 6 heteroatoms. The van der Waals surface area contributed by atoms with Gasteiger partial charge in [0.05, 0.1) is 5.92 Å². The fourth-order valence-electron chi connectivity index (χ4n) is 3.34. The van der Waals surface area contributed by atoms with Gasteiger partial charge in [-0.15, -0.1) is 0 Å². The molecule has 26 heavy (non-hydrogen) atoms. The molecule has 0 spiro atoms. The molecule has 0 aromatic carbocycles. The van der Waals surface area contributed by atoms with Crippen molar-refractivity contribution >= 4 is 17.5 Å². The molecular weight excluding hydrogens is 336 g/mol. The monoisotopic (exact) mass is 360 g/mol. The van der Waals surface area contributed by atoms with E-state index < -0.39 is 47.3 Å². The SMILES string of the molecule is C=C(C)[C@H]1C(=O)C(O)=C(C)C(=O)[C@@H](O)[C@H](C(=C)C)CCC2=C[C@H]1OC2=O. The van der Waals surface area contributed by atoms with Gasteiger partial charge in [0.15, 0.2) is 11.5 Å². The van der Waals surface area contributed by atoms with E-state index in [2.05, 4.69) is 13.2 Å². The van der Waals surface area contributed by atoms with Crippen LogP contribution in [-0.2, 0) is 19.1 Å². The van der Waals surface area contributed by atoms with Gasteiger partial charge in [-0.25, -0.2) is 4.79 Å². The lowest BCUT2D eigenvalue weighted by atomic mass is 9.82. The maximum Gasteiger partial charge on any atom is 0.334 e. The summed E-state index contributed by atoms with van der Waals surface area (Å²) in [5.74, 6) is -4.40. The normalized spacial score (nSPS) is 30.3. The maximum absolute atomic E-state index is 12.7. The van der Waals surface area contributed by atoms with Gasteiger partial charge in [0.1, 0.15) is 12.2 Å². The second kappa shape index (κ2) is 7.41. The van der Waals surface area contributed by atoms with Gasteiger partial charge < -0.3 is 14.9 Å². The molecule has 0 saturated heterocycles. The van der Waals surface area contributed by atoms with Crippen molar-refractivity contribution in [3.63, 3.8) is 0 Å². The molecular formula is C20H24O6. The van der Waals surface area contributed by atoms with Crippen LogP contribution in [0.4, 0.5) is 0 Å². The zero-order chi connectivity index (χ0) is 19.8. The van der Waals surface area contributed by atoms with Gasteiger partial charge in [-0.05, 0) is 39.7 Å². The average Bonchev–Trinajstić information content (AvgIpc) is 2.91. The third kappa shape index (κ3) is 3.55. The number of aliphatic hydroxyl groups excluding tert-OH is 2. The van der Waals surface area contributed by atoms with Crippen LogP contribution in [0.15, 0.2) is 47.3 Å². The van der Waals surface area contributed by atoms with E-state index in [4.69, 9.17) is 4.74 Å². The molecule has 0 aromatic heterocycles. The van der Waals surface area contributed by atoms with Crippen molar-refractivity contribution in [2.45, 2.75) is 45.8 Å². The van der Waals surface area contributed by atoms with E-state index in [0.717, 1.165) is 0 Å². The van der Waals surface area contributed by atoms with E-state index in [1.54, 1.807) is 19.9 Å². The molecule has 0 amide bonds. The van der Waals surface area contributed by atoms with Crippen molar-refractivity contribution in [3.05, 3.63) is 47.3 Å². The van der Waals surface area contributed by atoms with Crippen LogP contribution in [0.3, 0.4) is 0 Å². The number of rotatable bonds is 2. The highest BCUT2D eigenvalue weighted by molar-refractivity contribution is 6.08. The van der Waals surface area contributed by atoms with Crippen LogP contribution in [0.5, 0.6) is 0 Å². The predicted octanol–water partition coefficient (Wildman–Crippen LogP) is 2.35. The van der Waals surface area contributed by atoms with Crippen LogP contribution >= 0.6 is 0 Å². The van der Waals surface area contributed by atoms with Crippen LogP contribution in [0.2, 0.25) is 0 Å². The Balaban J connectivity index is 2.58. The molecule has 4 atom stereocenters. The number of fused-ring (bicyclic) bond motifs is 1. The number of hydrogen-bond donors (Lipinski definition) is 2. The third-order valence-corrected chi connectivity index (χ3v) is 4.98. The summed E-state index contributed by atoms with van der Waals surface area (Å²) in [6, 6.07) is 0. The molecule has 140 valence electrons. The number of carbonyl (C=O) groups excluding carboxylic acids is 3. The topological polar surface area (TPSA) is 101 Å². The van der Waals surface area contributed by atoms with E-state index in [1.807, 2.05) is 0 Å². The van der Waals surface area contributed by atoms with E-state index in [9.17, 15) is 24.6 Å². The van der Waals surface area contributed by atoms with Gasteiger partial charge in [0.2, 0.25) is 5.78 Å². The summed E-state index contributed by atoms with van der Waals surface area (Å²) in [7, 11) is 0. The Morgan fingerprint density at radius 3 is 2.31 bits per heavy atom. The lowest BCUT2D eigenvalue weighted by Gasteiger charge is -2.24. The fourth-order valence-corrected chi connectivity index (χ4v) is 3.34. The van der Waals surface area contributed by atoms with Gasteiger partial charge in [-0.3, -0.25) is 9.59 Å². The first-order valence-electron chi connectivity index (χ1n) is 8.45. The van der Waals surface area contributed by atoms with Crippen LogP contribution in [-0.4, -0.2) is 40.0 Å². The zero-order valence-electron chi connectivity index (χ0n) is 15.2. The van der Waals surface area contributed by atoms with Crippen LogP contribution in [0, 0.1) is 11.8 Å². The van der Waals surface area contributed by atoms with Crippen molar-refractivity contribution < 1.29 is 29.3 Å². The van der Waals surface area contributed by atoms with Crippen molar-refractivity contribution in [3.8, 4) is 0 Å². The molecule has 0 radical (unpaired) electrons. The summed E-state index contributed by atoms with van der Waals surface area (Å²) in [6.07, 6.45) is -0.175. The molecule has 1 heterocycles. The summed E-state index contributed by atoms with van der Waals surface area (Å²) in [6.45, 7) is 12.1. The smallest absolute Gasteiger partial charge is 0.334 e. The second-order valence-corrected chi connectivity index (χ2v) is 7.02. The number of hydrogen-bond acceptors (Lipinski definition) is 6. The quantitative estimate of drug-likeness (QED) is 0.579. The van der Waals surface area contributed by atoms with Gasteiger partial charge in [-0.2, -0.15) is 0 Å². The number of Topliss-reactive ketones (excluding diaryl/α,β-unsaturated/α-hetero) is 2. The molecule has 0 saturated carbocycles. The Hall–Kier alpha value is -2.47. The molecule has 0 aromatic rings. The van der Waals surface area contributed by atoms with E-state index in [-0.39, 0.29) is 12.0 Å². The lowest BCUT2D eigenvalue weighted by Crippen LogP contribution is -2.34. The number of esters is 1. The molecule has 1 aliphatic heterocycles. The number of allylic oxidation sites excluding steroid dienone is 1. The standard InChI is InChI=1S/C20H24O6/c1-9(2)13-7-6-12-8-14(26-20(12)25)15(10(3)4)19(24)17(22)11(5)16(21)18(13)23/h8,13-15,18,22-23H,1,3,6-7H2,2,4-5H3/t13-,14+,15+,18-/m0/s1. The molecule has 0 fully saturated rings. The summed E-state index contributed by atoms with van der Waals surface area (Å²) < 4.78 is 5.30. The largest absolute Gasteiger partial charge is 0.504 e. The summed E-state index contributed by atoms with van der Waals surface area (Å²) in [5.41, 5.74) is 1.12. The van der Waals surface area contributed by atoms with Gasteiger partial charge in [0.25, 0.3) is 0 Å². The Labute approximate surface area is 152 Å². The minimum atomic E-state index is -1.46. The van der Waals surface area contributed by atoms with E-state index in [0.29, 0.717) is 23.1 Å². The summed E-state index contributed by atoms with van der Waals surface area (Å²) in [4.78, 5) is 37.4. The number of ether oxygens (including phenoxy) is 1. The summed E-state index contributed by atoms with van der Waals surface area (Å²) >= 11 is 0. The minimum absolute atomic E-state index is 0.228. The first-order valence-corrected chi connectivity index (χ1v) is 8.45. The van der Waals surface area contributed by atoms with Gasteiger partial charge in [-0.1, -0.05) is 24.3 Å². The highest BCUT2D eigenvalue weighted by Gasteiger charge is 2.40. The third-order valence-electron chi connectivity index (χ3n) is 4.98. The highest BCUT2D eigenvalue weighted by Crippen LogP contribution is 2.33. The molecule has 2 N–H and O–H groups in total. The highest BCUT2D eigenvalue weighted by atomic mass is 16.5. The Morgan fingerprint density at radius 1 is 1.15 bits per heavy atom. The Kier molecular flexibility index (Phi) is 5.66. The van der Waals surface area contributed by atoms with Crippen molar-refractivity contribution in [1.29, 1.82) is 0 Å². The number of aliphatic hydroxyl groups is 2. The average molecular weight is 360 g/mol. The van der Waals surface area contributed by atoms with E-state index >= 15 is 0 Å². The zero-order valence-corrected chi connectivity index (χ0v) is 15.2. The first-order chi connectivity index (χ1) is 12.1. The number of carbonyl (C=O) groups is 3. The molecule has 1 aliphatic carbocycles. The molecule has 2 rings (SSSR count). The predicted molar refractivity (Wildman–Crippen MR) is 95.2 cm³/mol. The fraction of sp³-hybridized carbons (Fsp3) is 0.450. The van der Waals surface area contributed by atoms with Crippen molar-refractivity contribution in [2.24, 2.45) is 11.8 Å². The second-order valence-electron chi connectivity index (χ2n) is 7.02. The molecule has 2 bridgehead atoms. The van der Waals surface area contributed by atoms with Crippen LogP contribution in [0.1, 0.15) is 33.6 Å². The van der Waals surface area contributed by atoms with Crippen LogP contribution < -0.4 is 0 Å². The van der Waals surface area contributed by atoms with Crippen molar-refractivity contribution in [2.75, 3.05) is 0 Å². The Bertz CT molecular complexity index is 754. The number of ketones is 2. The minimum Gasteiger partial charge on any atom is -0.504 e. The molecule has 2 aliphatic rings. The maximum atomic E-state index is 12.7. The van der Waals surface area contributed by atoms with Crippen molar-refractivity contribution in [1.82, 2.24) is 0 Å². The molecule has 6 nitrogen and oxygen atoms in total. The Morgan fingerprint density at radius 2 is 1.77 bits per heavy atom. The van der Waals surface area contributed by atoms with Gasteiger partial charge >= 0.3 is 5.97 Å². The summed E-state index contributed by atoms with van der Waals surface area (Å²) in [5, 5.41) is 20.8. The first kappa shape index (κ1) is 19.8. The van der Waals surface area contributed by atoms with E-state index in [1.165, 1.54) is 6.92 Å². The van der Waals surface area contributed by atoms with Crippen LogP contribution in [0.25, 0.3) is 0 Å². The molecule has 0 unspecified atom stereocenters.